The Balaban J connectivity index is 1.16. The van der Waals surface area contributed by atoms with Crippen molar-refractivity contribution < 1.29 is 19.1 Å². The first-order valence-corrected chi connectivity index (χ1v) is 13.2. The molecule has 0 bridgehead atoms. The molecular formula is C23H27N5O4S2. The normalized spacial score (nSPS) is 20.6. The van der Waals surface area contributed by atoms with E-state index in [1.165, 1.54) is 28.7 Å². The van der Waals surface area contributed by atoms with Crippen LogP contribution in [0, 0.1) is 5.92 Å². The molecule has 1 aromatic heterocycles. The van der Waals surface area contributed by atoms with E-state index in [-0.39, 0.29) is 23.3 Å². The molecular weight excluding hydrogens is 474 g/mol. The Morgan fingerprint density at radius 2 is 2.12 bits per heavy atom. The lowest BCUT2D eigenvalue weighted by Crippen LogP contribution is -2.46. The highest BCUT2D eigenvalue weighted by molar-refractivity contribution is 8.14. The van der Waals surface area contributed by atoms with E-state index < -0.39 is 0 Å². The molecule has 1 N–H and O–H groups in total. The van der Waals surface area contributed by atoms with Gasteiger partial charge in [0, 0.05) is 37.5 Å². The number of nitrogens with zero attached hydrogens (tertiary/aromatic N) is 4. The highest BCUT2D eigenvalue weighted by atomic mass is 32.2. The number of carbonyl (C=O) groups excluding carboxylic acids is 2. The predicted octanol–water partition coefficient (Wildman–Crippen LogP) is 2.98. The van der Waals surface area contributed by atoms with Crippen molar-refractivity contribution in [2.45, 2.75) is 31.7 Å². The van der Waals surface area contributed by atoms with E-state index in [4.69, 9.17) is 9.47 Å². The van der Waals surface area contributed by atoms with Crippen molar-refractivity contribution in [1.29, 1.82) is 0 Å². The number of aromatic nitrogens is 1. The number of fused-ring (bicyclic) bond motifs is 1. The molecule has 3 aliphatic heterocycles. The number of thioether (sulfide) groups is 1. The minimum atomic E-state index is -0.270. The topological polar surface area (TPSA) is 96.4 Å². The zero-order valence-electron chi connectivity index (χ0n) is 19.2. The molecule has 180 valence electrons. The van der Waals surface area contributed by atoms with Gasteiger partial charge in [-0.1, -0.05) is 0 Å². The van der Waals surface area contributed by atoms with Gasteiger partial charge in [0.05, 0.1) is 19.1 Å². The van der Waals surface area contributed by atoms with Crippen molar-refractivity contribution in [2.24, 2.45) is 11.0 Å². The molecule has 9 nitrogen and oxygen atoms in total. The van der Waals surface area contributed by atoms with Gasteiger partial charge >= 0.3 is 5.97 Å². The fourth-order valence-electron chi connectivity index (χ4n) is 4.37. The number of amides is 1. The van der Waals surface area contributed by atoms with Crippen molar-refractivity contribution in [3.05, 3.63) is 34.8 Å². The van der Waals surface area contributed by atoms with Gasteiger partial charge in [-0.15, -0.1) is 16.4 Å². The second-order valence-corrected chi connectivity index (χ2v) is 10.3. The summed E-state index contributed by atoms with van der Waals surface area (Å²) in [5, 5.41) is 12.4. The quantitative estimate of drug-likeness (QED) is 0.625. The van der Waals surface area contributed by atoms with Crippen LogP contribution in [0.1, 0.15) is 35.8 Å². The number of amidine groups is 1. The number of hydrazone groups is 1. The second-order valence-electron chi connectivity index (χ2n) is 8.40. The van der Waals surface area contributed by atoms with Gasteiger partial charge in [0.1, 0.15) is 16.5 Å². The summed E-state index contributed by atoms with van der Waals surface area (Å²) < 4.78 is 10.7. The van der Waals surface area contributed by atoms with Gasteiger partial charge in [0.25, 0.3) is 5.91 Å². The summed E-state index contributed by atoms with van der Waals surface area (Å²) in [6.45, 7) is 4.52. The van der Waals surface area contributed by atoms with Crippen LogP contribution >= 0.6 is 23.1 Å². The summed E-state index contributed by atoms with van der Waals surface area (Å²) >= 11 is 2.95. The fraction of sp³-hybridized carbons (Fsp3) is 0.478. The van der Waals surface area contributed by atoms with Gasteiger partial charge in [-0.05, 0) is 55.3 Å². The van der Waals surface area contributed by atoms with Gasteiger partial charge in [0.2, 0.25) is 0 Å². The molecule has 11 heteroatoms. The first kappa shape index (κ1) is 23.1. The maximum atomic E-state index is 12.8. The first-order chi connectivity index (χ1) is 16.5. The number of benzene rings is 1. The Morgan fingerprint density at radius 3 is 2.91 bits per heavy atom. The Hall–Kier alpha value is -2.63. The lowest BCUT2D eigenvalue weighted by atomic mass is 9.97. The van der Waals surface area contributed by atoms with E-state index in [1.807, 2.05) is 31.1 Å². The Bertz CT molecular complexity index is 1110. The highest BCUT2D eigenvalue weighted by Crippen LogP contribution is 2.33. The zero-order valence-corrected chi connectivity index (χ0v) is 20.8. The lowest BCUT2D eigenvalue weighted by molar-refractivity contribution is -0.149. The third-order valence-electron chi connectivity index (χ3n) is 6.14. The number of esters is 1. The number of piperidine rings is 1. The third kappa shape index (κ3) is 4.77. The molecule has 34 heavy (non-hydrogen) atoms. The smallest absolute Gasteiger partial charge is 0.309 e. The Morgan fingerprint density at radius 1 is 1.29 bits per heavy atom. The molecule has 3 aliphatic rings. The van der Waals surface area contributed by atoms with Crippen molar-refractivity contribution in [1.82, 2.24) is 20.2 Å². The van der Waals surface area contributed by atoms with Crippen LogP contribution in [0.3, 0.4) is 0 Å². The first-order valence-electron chi connectivity index (χ1n) is 11.4. The zero-order chi connectivity index (χ0) is 23.7. The van der Waals surface area contributed by atoms with Crippen molar-refractivity contribution in [2.75, 3.05) is 33.4 Å². The van der Waals surface area contributed by atoms with E-state index in [9.17, 15) is 9.59 Å². The molecule has 0 aliphatic carbocycles. The maximum absolute atomic E-state index is 12.8. The molecule has 0 radical (unpaired) electrons. The van der Waals surface area contributed by atoms with Gasteiger partial charge in [-0.25, -0.2) is 4.98 Å². The monoisotopic (exact) mass is 501 g/mol. The number of rotatable bonds is 5. The van der Waals surface area contributed by atoms with Crippen LogP contribution in [0.4, 0.5) is 0 Å². The average molecular weight is 502 g/mol. The molecule has 4 heterocycles. The number of thiazole rings is 1. The summed E-state index contributed by atoms with van der Waals surface area (Å²) in [7, 11) is 1.90. The molecule has 1 amide bonds. The number of carbonyl (C=O) groups is 2. The number of hydrogen-bond donors (Lipinski definition) is 1. The van der Waals surface area contributed by atoms with Crippen LogP contribution < -0.4 is 10.1 Å². The number of nitrogens with one attached hydrogen (secondary N) is 1. The van der Waals surface area contributed by atoms with E-state index in [2.05, 4.69) is 26.4 Å². The summed E-state index contributed by atoms with van der Waals surface area (Å²) in [5.74, 6) is 0.520. The maximum Gasteiger partial charge on any atom is 0.309 e. The molecule has 0 spiro atoms. The van der Waals surface area contributed by atoms with Crippen LogP contribution in [0.2, 0.25) is 0 Å². The molecule has 1 aromatic carbocycles. The minimum absolute atomic E-state index is 0.0157. The number of hydrogen-bond acceptors (Lipinski definition) is 10. The summed E-state index contributed by atoms with van der Waals surface area (Å²) in [5.41, 5.74) is 2.53. The van der Waals surface area contributed by atoms with Crippen molar-refractivity contribution >= 4 is 40.1 Å². The number of likely N-dealkylation sites (tertiary alicyclic amines) is 1. The average Bonchev–Trinajstić information content (AvgIpc) is 3.58. The molecule has 0 saturated carbocycles. The van der Waals surface area contributed by atoms with Crippen LogP contribution in [0.5, 0.6) is 5.75 Å². The molecule has 1 saturated heterocycles. The Labute approximate surface area is 206 Å². The van der Waals surface area contributed by atoms with Gasteiger partial charge in [0.15, 0.2) is 10.7 Å². The third-order valence-corrected chi connectivity index (χ3v) is 8.25. The van der Waals surface area contributed by atoms with E-state index in [0.29, 0.717) is 24.1 Å². The predicted molar refractivity (Wildman–Crippen MR) is 132 cm³/mol. The highest BCUT2D eigenvalue weighted by Gasteiger charge is 2.35. The molecule has 2 aromatic rings. The molecule has 1 fully saturated rings. The second kappa shape index (κ2) is 9.93. The van der Waals surface area contributed by atoms with E-state index in [0.717, 1.165) is 48.7 Å². The van der Waals surface area contributed by atoms with E-state index >= 15 is 0 Å². The van der Waals surface area contributed by atoms with Gasteiger partial charge < -0.3 is 9.47 Å². The summed E-state index contributed by atoms with van der Waals surface area (Å²) in [6.07, 6.45) is 2.43. The standard InChI is InChI=1S/C23H27N5O4S2/c1-3-31-21(30)14-6-9-28(10-7-14)23-27(2)26-22(34-23)25-19(29)17-13-33-20(24-17)16-4-5-18-15(12-16)8-11-32-18/h4-5,12-14,23H,3,6-11H2,1-2H3,(H,25,26,29). The molecule has 1 atom stereocenters. The molecule has 1 unspecified atom stereocenters. The van der Waals surface area contributed by atoms with Crippen molar-refractivity contribution in [3.63, 3.8) is 0 Å². The summed E-state index contributed by atoms with van der Waals surface area (Å²) in [6, 6.07) is 6.03. The van der Waals surface area contributed by atoms with Gasteiger partial charge in [-0.3, -0.25) is 24.8 Å². The van der Waals surface area contributed by atoms with E-state index in [1.54, 1.807) is 5.38 Å². The molecule has 5 rings (SSSR count). The van der Waals surface area contributed by atoms with Crippen LogP contribution in [0.25, 0.3) is 10.6 Å². The van der Waals surface area contributed by atoms with Crippen molar-refractivity contribution in [3.8, 4) is 16.3 Å². The van der Waals surface area contributed by atoms with Crippen LogP contribution in [0.15, 0.2) is 28.7 Å². The van der Waals surface area contributed by atoms with Crippen LogP contribution in [-0.4, -0.2) is 70.8 Å². The van der Waals surface area contributed by atoms with Crippen LogP contribution in [-0.2, 0) is 16.0 Å². The van der Waals surface area contributed by atoms with Gasteiger partial charge in [-0.2, -0.15) is 0 Å². The largest absolute Gasteiger partial charge is 0.493 e. The fourth-order valence-corrected chi connectivity index (χ4v) is 6.25. The lowest BCUT2D eigenvalue weighted by Gasteiger charge is -2.36. The summed E-state index contributed by atoms with van der Waals surface area (Å²) in [4.78, 5) is 31.7. The number of ether oxygens (including phenoxy) is 2. The minimum Gasteiger partial charge on any atom is -0.493 e. The SMILES string of the molecule is CCOC(=O)C1CCN(C2SC(NC(=O)c3csc(-c4ccc5c(c4)CCO5)n3)=NN2C)CC1. The Kier molecular flexibility index (Phi) is 6.75.